The first-order chi connectivity index (χ1) is 11.5. The van der Waals surface area contributed by atoms with Crippen LogP contribution >= 0.6 is 0 Å². The molecule has 2 aromatic rings. The van der Waals surface area contributed by atoms with Gasteiger partial charge in [0, 0.05) is 11.6 Å². The summed E-state index contributed by atoms with van der Waals surface area (Å²) in [6, 6.07) is 9.46. The third-order valence-corrected chi connectivity index (χ3v) is 3.52. The van der Waals surface area contributed by atoms with Crippen LogP contribution in [-0.2, 0) is 11.2 Å². The average molecular weight is 328 g/mol. The largest absolute Gasteiger partial charge is 0.508 e. The van der Waals surface area contributed by atoms with Crippen molar-refractivity contribution >= 4 is 11.6 Å². The third kappa shape index (κ3) is 3.40. The highest BCUT2D eigenvalue weighted by atomic mass is 16.7. The van der Waals surface area contributed by atoms with Crippen molar-refractivity contribution in [2.45, 2.75) is 13.3 Å². The molecule has 1 amide bonds. The van der Waals surface area contributed by atoms with Crippen molar-refractivity contribution in [2.75, 3.05) is 6.79 Å². The summed E-state index contributed by atoms with van der Waals surface area (Å²) in [5, 5.41) is 23.0. The summed E-state index contributed by atoms with van der Waals surface area (Å²) in [6.07, 6.45) is 0.134. The zero-order valence-electron chi connectivity index (χ0n) is 12.9. The number of hydrazone groups is 1. The average Bonchev–Trinajstić information content (AvgIpc) is 3.00. The van der Waals surface area contributed by atoms with Crippen LogP contribution in [0.5, 0.6) is 23.0 Å². The molecule has 0 saturated heterocycles. The highest BCUT2D eigenvalue weighted by Gasteiger charge is 2.14. The smallest absolute Gasteiger partial charge is 0.244 e. The Morgan fingerprint density at radius 2 is 1.96 bits per heavy atom. The van der Waals surface area contributed by atoms with Gasteiger partial charge >= 0.3 is 0 Å². The van der Waals surface area contributed by atoms with Crippen molar-refractivity contribution in [2.24, 2.45) is 5.10 Å². The number of phenolic OH excluding ortho intramolecular Hbond substituents is 2. The van der Waals surface area contributed by atoms with E-state index in [1.54, 1.807) is 25.1 Å². The van der Waals surface area contributed by atoms with Gasteiger partial charge in [-0.1, -0.05) is 6.07 Å². The van der Waals surface area contributed by atoms with Gasteiger partial charge in [-0.15, -0.1) is 0 Å². The number of aromatic hydroxyl groups is 2. The molecule has 0 atom stereocenters. The Bertz CT molecular complexity index is 817. The summed E-state index contributed by atoms with van der Waals surface area (Å²) in [6.45, 7) is 1.83. The Balaban J connectivity index is 1.64. The summed E-state index contributed by atoms with van der Waals surface area (Å²) < 4.78 is 10.5. The zero-order valence-corrected chi connectivity index (χ0v) is 12.9. The molecule has 24 heavy (non-hydrogen) atoms. The Kier molecular flexibility index (Phi) is 4.24. The van der Waals surface area contributed by atoms with Crippen molar-refractivity contribution in [3.05, 3.63) is 47.5 Å². The molecule has 1 aliphatic heterocycles. The van der Waals surface area contributed by atoms with E-state index in [1.807, 2.05) is 0 Å². The van der Waals surface area contributed by atoms with E-state index in [2.05, 4.69) is 10.5 Å². The second kappa shape index (κ2) is 6.49. The predicted octanol–water partition coefficient (Wildman–Crippen LogP) is 1.91. The number of carbonyl (C=O) groups excluding carboxylic acids is 1. The number of hydrogen-bond acceptors (Lipinski definition) is 6. The first kappa shape index (κ1) is 15.7. The lowest BCUT2D eigenvalue weighted by molar-refractivity contribution is -0.120. The van der Waals surface area contributed by atoms with Crippen molar-refractivity contribution in [1.29, 1.82) is 0 Å². The van der Waals surface area contributed by atoms with Crippen LogP contribution in [0, 0.1) is 0 Å². The summed E-state index contributed by atoms with van der Waals surface area (Å²) in [5.74, 6) is 0.827. The number of fused-ring (bicyclic) bond motifs is 1. The summed E-state index contributed by atoms with van der Waals surface area (Å²) >= 11 is 0. The highest BCUT2D eigenvalue weighted by molar-refractivity contribution is 6.01. The minimum Gasteiger partial charge on any atom is -0.508 e. The van der Waals surface area contributed by atoms with E-state index in [1.165, 1.54) is 18.2 Å². The number of benzene rings is 2. The van der Waals surface area contributed by atoms with Crippen molar-refractivity contribution in [3.8, 4) is 23.0 Å². The summed E-state index contributed by atoms with van der Waals surface area (Å²) in [7, 11) is 0. The molecule has 7 nitrogen and oxygen atoms in total. The molecule has 0 saturated carbocycles. The Morgan fingerprint density at radius 1 is 1.17 bits per heavy atom. The predicted molar refractivity (Wildman–Crippen MR) is 86.4 cm³/mol. The van der Waals surface area contributed by atoms with Gasteiger partial charge in [0.15, 0.2) is 11.5 Å². The first-order valence-electron chi connectivity index (χ1n) is 7.27. The van der Waals surface area contributed by atoms with Crippen LogP contribution in [0.1, 0.15) is 18.1 Å². The van der Waals surface area contributed by atoms with E-state index >= 15 is 0 Å². The molecule has 0 unspecified atom stereocenters. The molecule has 1 aliphatic rings. The van der Waals surface area contributed by atoms with Gasteiger partial charge in [0.05, 0.1) is 12.1 Å². The maximum Gasteiger partial charge on any atom is 0.244 e. The van der Waals surface area contributed by atoms with Gasteiger partial charge in [0.25, 0.3) is 0 Å². The van der Waals surface area contributed by atoms with Crippen LogP contribution < -0.4 is 14.9 Å². The van der Waals surface area contributed by atoms with Gasteiger partial charge in [-0.2, -0.15) is 5.10 Å². The van der Waals surface area contributed by atoms with E-state index in [4.69, 9.17) is 9.47 Å². The summed E-state index contributed by atoms with van der Waals surface area (Å²) in [4.78, 5) is 12.0. The first-order valence-corrected chi connectivity index (χ1v) is 7.27. The van der Waals surface area contributed by atoms with E-state index in [0.29, 0.717) is 22.8 Å². The van der Waals surface area contributed by atoms with Crippen molar-refractivity contribution in [1.82, 2.24) is 5.43 Å². The number of amides is 1. The molecule has 0 spiro atoms. The van der Waals surface area contributed by atoms with Crippen LogP contribution in [0.3, 0.4) is 0 Å². The molecule has 0 radical (unpaired) electrons. The fourth-order valence-electron chi connectivity index (χ4n) is 2.31. The Hall–Kier alpha value is -3.22. The topological polar surface area (TPSA) is 100 Å². The number of ether oxygens (including phenoxy) is 2. The quantitative estimate of drug-likeness (QED) is 0.588. The number of nitrogens with one attached hydrogen (secondary N) is 1. The number of hydrogen-bond donors (Lipinski definition) is 3. The third-order valence-electron chi connectivity index (χ3n) is 3.52. The van der Waals surface area contributed by atoms with Gasteiger partial charge < -0.3 is 19.7 Å². The molecular formula is C17H16N2O5. The molecule has 0 bridgehead atoms. The molecule has 3 rings (SSSR count). The number of phenols is 2. The van der Waals surface area contributed by atoms with E-state index < -0.39 is 0 Å². The molecule has 124 valence electrons. The minimum absolute atomic E-state index is 0.0455. The van der Waals surface area contributed by atoms with Gasteiger partial charge in [0.1, 0.15) is 11.5 Å². The normalized spacial score (nSPS) is 13.0. The fraction of sp³-hybridized carbons (Fsp3) is 0.176. The lowest BCUT2D eigenvalue weighted by Crippen LogP contribution is -2.21. The van der Waals surface area contributed by atoms with Crippen molar-refractivity contribution < 1.29 is 24.5 Å². The molecule has 1 heterocycles. The second-order valence-electron chi connectivity index (χ2n) is 5.30. The lowest BCUT2D eigenvalue weighted by Gasteiger charge is -2.06. The second-order valence-corrected chi connectivity index (χ2v) is 5.30. The number of rotatable bonds is 4. The van der Waals surface area contributed by atoms with Crippen LogP contribution in [0.2, 0.25) is 0 Å². The van der Waals surface area contributed by atoms with Gasteiger partial charge in [-0.3, -0.25) is 4.79 Å². The molecular weight excluding hydrogens is 312 g/mol. The maximum absolute atomic E-state index is 12.0. The SMILES string of the molecule is C/C(=N/NC(=O)Cc1ccc2c(c1)OCO2)c1ccc(O)cc1O. The molecule has 3 N–H and O–H groups in total. The van der Waals surface area contributed by atoms with Gasteiger partial charge in [0.2, 0.25) is 12.7 Å². The Morgan fingerprint density at radius 3 is 2.75 bits per heavy atom. The fourth-order valence-corrected chi connectivity index (χ4v) is 2.31. The van der Waals surface area contributed by atoms with Crippen LogP contribution in [-0.4, -0.2) is 28.6 Å². The lowest BCUT2D eigenvalue weighted by atomic mass is 10.1. The Labute approximate surface area is 138 Å². The van der Waals surface area contributed by atoms with E-state index in [0.717, 1.165) is 5.56 Å². The van der Waals surface area contributed by atoms with E-state index in [-0.39, 0.29) is 30.6 Å². The minimum atomic E-state index is -0.300. The number of nitrogens with zero attached hydrogens (tertiary/aromatic N) is 1. The molecule has 7 heteroatoms. The molecule has 0 aliphatic carbocycles. The maximum atomic E-state index is 12.0. The van der Waals surface area contributed by atoms with Crippen molar-refractivity contribution in [3.63, 3.8) is 0 Å². The monoisotopic (exact) mass is 328 g/mol. The molecule has 2 aromatic carbocycles. The van der Waals surface area contributed by atoms with Gasteiger partial charge in [-0.05, 0) is 36.8 Å². The highest BCUT2D eigenvalue weighted by Crippen LogP contribution is 2.32. The van der Waals surface area contributed by atoms with E-state index in [9.17, 15) is 15.0 Å². The molecule has 0 fully saturated rings. The summed E-state index contributed by atoms with van der Waals surface area (Å²) in [5.41, 5.74) is 4.07. The number of carbonyl (C=O) groups is 1. The zero-order chi connectivity index (χ0) is 17.1. The van der Waals surface area contributed by atoms with Crippen LogP contribution in [0.15, 0.2) is 41.5 Å². The standard InChI is InChI=1S/C17H16N2O5/c1-10(13-4-3-12(20)8-14(13)21)18-19-17(22)7-11-2-5-15-16(6-11)24-9-23-15/h2-6,8,20-21H,7,9H2,1H3,(H,19,22)/b18-10-. The van der Waals surface area contributed by atoms with Gasteiger partial charge in [-0.25, -0.2) is 5.43 Å². The van der Waals surface area contributed by atoms with Crippen LogP contribution in [0.4, 0.5) is 0 Å². The van der Waals surface area contributed by atoms with Crippen LogP contribution in [0.25, 0.3) is 0 Å². The molecule has 0 aromatic heterocycles.